The van der Waals surface area contributed by atoms with E-state index in [9.17, 15) is 4.79 Å². The summed E-state index contributed by atoms with van der Waals surface area (Å²) in [5.74, 6) is 0. The van der Waals surface area contributed by atoms with Crippen LogP contribution in [0.5, 0.6) is 0 Å². The van der Waals surface area contributed by atoms with E-state index in [2.05, 4.69) is 5.10 Å². The number of thiophene rings is 1. The normalized spacial score (nSPS) is 10.8. The molecule has 3 rings (SSSR count). The second kappa shape index (κ2) is 5.11. The van der Waals surface area contributed by atoms with E-state index in [1.807, 2.05) is 54.8 Å². The molecule has 0 radical (unpaired) electrons. The molecule has 1 N–H and O–H groups in total. The van der Waals surface area contributed by atoms with Crippen molar-refractivity contribution in [3.8, 4) is 5.69 Å². The molecule has 0 unspecified atom stereocenters. The summed E-state index contributed by atoms with van der Waals surface area (Å²) in [4.78, 5) is 13.2. The number of rotatable bonds is 3. The second-order valence-corrected chi connectivity index (χ2v) is 6.33. The third-order valence-electron chi connectivity index (χ3n) is 2.73. The largest absolute Gasteiger partial charge is 0.294 e. The van der Waals surface area contributed by atoms with Crippen molar-refractivity contribution < 1.29 is 0 Å². The number of para-hydroxylation sites is 1. The molecule has 0 aliphatic rings. The SMILES string of the molecule is Cc1[nH]n(-c2ccccc2)c(=O)c1Sc1cccs1. The van der Waals surface area contributed by atoms with Crippen molar-refractivity contribution in [3.63, 3.8) is 0 Å². The summed E-state index contributed by atoms with van der Waals surface area (Å²) in [7, 11) is 0. The third-order valence-corrected chi connectivity index (χ3v) is 4.95. The molecule has 0 saturated carbocycles. The van der Waals surface area contributed by atoms with Crippen LogP contribution >= 0.6 is 23.1 Å². The Kier molecular flexibility index (Phi) is 3.31. The molecule has 2 aromatic heterocycles. The zero-order valence-electron chi connectivity index (χ0n) is 10.3. The molecule has 0 aliphatic carbocycles. The lowest BCUT2D eigenvalue weighted by atomic mass is 10.3. The van der Waals surface area contributed by atoms with Gasteiger partial charge < -0.3 is 0 Å². The minimum absolute atomic E-state index is 0.00194. The summed E-state index contributed by atoms with van der Waals surface area (Å²) in [6.07, 6.45) is 0. The first-order valence-electron chi connectivity index (χ1n) is 5.84. The molecule has 0 aliphatic heterocycles. The lowest BCUT2D eigenvalue weighted by Crippen LogP contribution is -2.15. The summed E-state index contributed by atoms with van der Waals surface area (Å²) >= 11 is 3.16. The number of aromatic nitrogens is 2. The predicted molar refractivity (Wildman–Crippen MR) is 79.6 cm³/mol. The molecule has 3 nitrogen and oxygen atoms in total. The number of benzene rings is 1. The third kappa shape index (κ3) is 2.39. The average molecular weight is 288 g/mol. The van der Waals surface area contributed by atoms with E-state index in [4.69, 9.17) is 0 Å². The van der Waals surface area contributed by atoms with Crippen molar-refractivity contribution in [3.05, 3.63) is 63.9 Å². The van der Waals surface area contributed by atoms with Gasteiger partial charge in [-0.2, -0.15) is 0 Å². The maximum absolute atomic E-state index is 12.4. The Bertz CT molecular complexity index is 727. The first kappa shape index (κ1) is 12.3. The highest BCUT2D eigenvalue weighted by atomic mass is 32.2. The Balaban J connectivity index is 2.04. The van der Waals surface area contributed by atoms with E-state index in [-0.39, 0.29) is 5.56 Å². The number of H-pyrrole nitrogens is 1. The van der Waals surface area contributed by atoms with Crippen molar-refractivity contribution >= 4 is 23.1 Å². The van der Waals surface area contributed by atoms with E-state index in [1.54, 1.807) is 16.0 Å². The molecule has 0 saturated heterocycles. The summed E-state index contributed by atoms with van der Waals surface area (Å²) in [5, 5.41) is 5.14. The molecule has 2 heterocycles. The van der Waals surface area contributed by atoms with Crippen LogP contribution in [0.1, 0.15) is 5.69 Å². The lowest BCUT2D eigenvalue weighted by Gasteiger charge is -1.99. The van der Waals surface area contributed by atoms with Crippen molar-refractivity contribution in [2.75, 3.05) is 0 Å². The molecule has 0 spiro atoms. The van der Waals surface area contributed by atoms with Crippen LogP contribution in [0.15, 0.2) is 61.7 Å². The summed E-state index contributed by atoms with van der Waals surface area (Å²) < 4.78 is 2.71. The summed E-state index contributed by atoms with van der Waals surface area (Å²) in [6.45, 7) is 1.93. The topological polar surface area (TPSA) is 37.8 Å². The molecular weight excluding hydrogens is 276 g/mol. The minimum Gasteiger partial charge on any atom is -0.294 e. The number of aryl methyl sites for hydroxylation is 1. The fraction of sp³-hybridized carbons (Fsp3) is 0.0714. The molecule has 0 bridgehead atoms. The van der Waals surface area contributed by atoms with E-state index >= 15 is 0 Å². The van der Waals surface area contributed by atoms with Crippen LogP contribution in [0, 0.1) is 6.92 Å². The molecule has 3 aromatic rings. The van der Waals surface area contributed by atoms with Crippen LogP contribution in [-0.2, 0) is 0 Å². The highest BCUT2D eigenvalue weighted by molar-refractivity contribution is 8.01. The molecule has 0 fully saturated rings. The Labute approximate surface area is 118 Å². The number of nitrogens with zero attached hydrogens (tertiary/aromatic N) is 1. The van der Waals surface area contributed by atoms with Crippen molar-refractivity contribution in [1.29, 1.82) is 0 Å². The van der Waals surface area contributed by atoms with Gasteiger partial charge in [-0.25, -0.2) is 4.68 Å². The molecule has 19 heavy (non-hydrogen) atoms. The van der Waals surface area contributed by atoms with Gasteiger partial charge in [-0.05, 0) is 30.5 Å². The first-order chi connectivity index (χ1) is 9.25. The van der Waals surface area contributed by atoms with E-state index < -0.39 is 0 Å². The van der Waals surface area contributed by atoms with Crippen LogP contribution in [0.4, 0.5) is 0 Å². The fourth-order valence-electron chi connectivity index (χ4n) is 1.83. The zero-order valence-corrected chi connectivity index (χ0v) is 11.9. The standard InChI is InChI=1S/C14H12N2OS2/c1-10-13(19-12-8-5-9-18-12)14(17)16(15-10)11-6-3-2-4-7-11/h2-9,15H,1H3. The number of aromatic amines is 1. The Morgan fingerprint density at radius 3 is 2.63 bits per heavy atom. The molecule has 96 valence electrons. The van der Waals surface area contributed by atoms with Crippen molar-refractivity contribution in [2.45, 2.75) is 16.0 Å². The number of nitrogens with one attached hydrogen (secondary N) is 1. The zero-order chi connectivity index (χ0) is 13.2. The van der Waals surface area contributed by atoms with E-state index in [0.717, 1.165) is 20.5 Å². The van der Waals surface area contributed by atoms with Gasteiger partial charge in [0.05, 0.1) is 9.90 Å². The maximum Gasteiger partial charge on any atom is 0.285 e. The quantitative estimate of drug-likeness (QED) is 0.798. The Hall–Kier alpha value is -1.72. The van der Waals surface area contributed by atoms with Gasteiger partial charge in [-0.1, -0.05) is 36.0 Å². The highest BCUT2D eigenvalue weighted by Crippen LogP contribution is 2.30. The van der Waals surface area contributed by atoms with Gasteiger partial charge in [0.2, 0.25) is 0 Å². The van der Waals surface area contributed by atoms with Crippen molar-refractivity contribution in [1.82, 2.24) is 9.78 Å². The van der Waals surface area contributed by atoms with Gasteiger partial charge in [0.15, 0.2) is 0 Å². The van der Waals surface area contributed by atoms with Crippen LogP contribution < -0.4 is 5.56 Å². The monoisotopic (exact) mass is 288 g/mol. The summed E-state index contributed by atoms with van der Waals surface area (Å²) in [6, 6.07) is 13.6. The summed E-state index contributed by atoms with van der Waals surface area (Å²) in [5.41, 5.74) is 1.75. The lowest BCUT2D eigenvalue weighted by molar-refractivity contribution is 0.834. The second-order valence-electron chi connectivity index (χ2n) is 4.08. The van der Waals surface area contributed by atoms with Gasteiger partial charge in [-0.15, -0.1) is 11.3 Å². The van der Waals surface area contributed by atoms with E-state index in [0.29, 0.717) is 0 Å². The minimum atomic E-state index is 0.00194. The predicted octanol–water partition coefficient (Wildman–Crippen LogP) is 3.69. The van der Waals surface area contributed by atoms with Gasteiger partial charge in [0, 0.05) is 5.69 Å². The molecule has 5 heteroatoms. The van der Waals surface area contributed by atoms with Crippen LogP contribution in [0.3, 0.4) is 0 Å². The van der Waals surface area contributed by atoms with Gasteiger partial charge >= 0.3 is 0 Å². The highest BCUT2D eigenvalue weighted by Gasteiger charge is 2.13. The van der Waals surface area contributed by atoms with Gasteiger partial charge in [0.25, 0.3) is 5.56 Å². The maximum atomic E-state index is 12.4. The van der Waals surface area contributed by atoms with Gasteiger partial charge in [0.1, 0.15) is 4.90 Å². The fourth-order valence-corrected chi connectivity index (χ4v) is 3.62. The first-order valence-corrected chi connectivity index (χ1v) is 7.54. The number of hydrogen-bond donors (Lipinski definition) is 1. The number of hydrogen-bond acceptors (Lipinski definition) is 3. The Morgan fingerprint density at radius 1 is 1.16 bits per heavy atom. The Morgan fingerprint density at radius 2 is 1.95 bits per heavy atom. The van der Waals surface area contributed by atoms with Crippen LogP contribution in [0.25, 0.3) is 5.69 Å². The van der Waals surface area contributed by atoms with E-state index in [1.165, 1.54) is 11.8 Å². The molecule has 0 atom stereocenters. The van der Waals surface area contributed by atoms with Gasteiger partial charge in [-0.3, -0.25) is 9.89 Å². The van der Waals surface area contributed by atoms with Crippen molar-refractivity contribution in [2.24, 2.45) is 0 Å². The molecule has 0 amide bonds. The smallest absolute Gasteiger partial charge is 0.285 e. The van der Waals surface area contributed by atoms with Crippen LogP contribution in [-0.4, -0.2) is 9.78 Å². The molecular formula is C14H12N2OS2. The average Bonchev–Trinajstić information content (AvgIpc) is 3.03. The van der Waals surface area contributed by atoms with Crippen LogP contribution in [0.2, 0.25) is 0 Å². The molecule has 1 aromatic carbocycles.